The van der Waals surface area contributed by atoms with Crippen molar-refractivity contribution in [1.82, 2.24) is 15.1 Å². The Kier molecular flexibility index (Phi) is 3.24. The van der Waals surface area contributed by atoms with Crippen molar-refractivity contribution in [3.63, 3.8) is 0 Å². The number of aromatic nitrogens is 2. The highest BCUT2D eigenvalue weighted by molar-refractivity contribution is 5.90. The molecular weight excluding hydrogens is 204 g/mol. The van der Waals surface area contributed by atoms with E-state index in [1.54, 1.807) is 6.20 Å². The molecule has 0 atom stereocenters. The summed E-state index contributed by atoms with van der Waals surface area (Å²) in [6.45, 7) is 5.99. The van der Waals surface area contributed by atoms with E-state index >= 15 is 0 Å². The summed E-state index contributed by atoms with van der Waals surface area (Å²) in [5.41, 5.74) is 0. The SMILES string of the molecule is CC(C)n1nccc1NC(=O)CC1CNC1. The molecule has 1 aliphatic heterocycles. The van der Waals surface area contributed by atoms with E-state index in [2.05, 4.69) is 15.7 Å². The topological polar surface area (TPSA) is 59.0 Å². The second-order valence-corrected chi connectivity index (χ2v) is 4.53. The first-order valence-electron chi connectivity index (χ1n) is 5.71. The second-order valence-electron chi connectivity index (χ2n) is 4.53. The van der Waals surface area contributed by atoms with Gasteiger partial charge in [-0.15, -0.1) is 0 Å². The molecule has 0 saturated carbocycles. The summed E-state index contributed by atoms with van der Waals surface area (Å²) in [7, 11) is 0. The Bertz CT molecular complexity index is 368. The van der Waals surface area contributed by atoms with Gasteiger partial charge in [0.1, 0.15) is 5.82 Å². The third kappa shape index (κ3) is 2.41. The predicted molar refractivity (Wildman–Crippen MR) is 62.2 cm³/mol. The summed E-state index contributed by atoms with van der Waals surface area (Å²) in [5, 5.41) is 10.2. The van der Waals surface area contributed by atoms with Gasteiger partial charge in [-0.1, -0.05) is 0 Å². The summed E-state index contributed by atoms with van der Waals surface area (Å²) in [6.07, 6.45) is 2.30. The van der Waals surface area contributed by atoms with Crippen LogP contribution in [0.5, 0.6) is 0 Å². The number of amides is 1. The van der Waals surface area contributed by atoms with Crippen LogP contribution in [-0.4, -0.2) is 28.8 Å². The van der Waals surface area contributed by atoms with E-state index in [4.69, 9.17) is 0 Å². The Labute approximate surface area is 95.2 Å². The monoisotopic (exact) mass is 222 g/mol. The van der Waals surface area contributed by atoms with Crippen molar-refractivity contribution in [2.75, 3.05) is 18.4 Å². The fourth-order valence-electron chi connectivity index (χ4n) is 1.77. The smallest absolute Gasteiger partial charge is 0.225 e. The first-order chi connectivity index (χ1) is 7.66. The van der Waals surface area contributed by atoms with E-state index in [0.717, 1.165) is 18.9 Å². The van der Waals surface area contributed by atoms with Gasteiger partial charge in [-0.3, -0.25) is 4.79 Å². The van der Waals surface area contributed by atoms with Crippen LogP contribution in [0.15, 0.2) is 12.3 Å². The maximum Gasteiger partial charge on any atom is 0.225 e. The average molecular weight is 222 g/mol. The maximum atomic E-state index is 11.7. The van der Waals surface area contributed by atoms with Gasteiger partial charge >= 0.3 is 0 Å². The molecule has 0 radical (unpaired) electrons. The highest BCUT2D eigenvalue weighted by Crippen LogP contribution is 2.15. The van der Waals surface area contributed by atoms with Gasteiger partial charge in [0.2, 0.25) is 5.91 Å². The van der Waals surface area contributed by atoms with Crippen molar-refractivity contribution < 1.29 is 4.79 Å². The molecular formula is C11H18N4O. The lowest BCUT2D eigenvalue weighted by molar-refractivity contribution is -0.117. The molecule has 16 heavy (non-hydrogen) atoms. The molecule has 1 fully saturated rings. The molecule has 1 aliphatic rings. The quantitative estimate of drug-likeness (QED) is 0.799. The van der Waals surface area contributed by atoms with Gasteiger partial charge in [-0.05, 0) is 32.9 Å². The van der Waals surface area contributed by atoms with Crippen LogP contribution in [0, 0.1) is 5.92 Å². The zero-order valence-electron chi connectivity index (χ0n) is 9.73. The lowest BCUT2D eigenvalue weighted by atomic mass is 9.99. The van der Waals surface area contributed by atoms with Crippen LogP contribution in [0.25, 0.3) is 0 Å². The standard InChI is InChI=1S/C11H18N4O/c1-8(2)15-10(3-4-13-15)14-11(16)5-9-6-12-7-9/h3-4,8-9,12H,5-7H2,1-2H3,(H,14,16). The number of carbonyl (C=O) groups excluding carboxylic acids is 1. The van der Waals surface area contributed by atoms with Crippen molar-refractivity contribution in [1.29, 1.82) is 0 Å². The van der Waals surface area contributed by atoms with Crippen LogP contribution in [0.2, 0.25) is 0 Å². The zero-order chi connectivity index (χ0) is 11.5. The molecule has 1 aromatic rings. The molecule has 5 nitrogen and oxygen atoms in total. The molecule has 0 aliphatic carbocycles. The Balaban J connectivity index is 1.91. The molecule has 5 heteroatoms. The maximum absolute atomic E-state index is 11.7. The van der Waals surface area contributed by atoms with Crippen LogP contribution in [-0.2, 0) is 4.79 Å². The number of hydrogen-bond acceptors (Lipinski definition) is 3. The first-order valence-corrected chi connectivity index (χ1v) is 5.71. The lowest BCUT2D eigenvalue weighted by Crippen LogP contribution is -2.43. The summed E-state index contributed by atoms with van der Waals surface area (Å²) >= 11 is 0. The van der Waals surface area contributed by atoms with Crippen molar-refractivity contribution in [3.05, 3.63) is 12.3 Å². The molecule has 2 rings (SSSR count). The number of anilines is 1. The number of hydrogen-bond donors (Lipinski definition) is 2. The van der Waals surface area contributed by atoms with Gasteiger partial charge in [-0.25, -0.2) is 4.68 Å². The molecule has 1 saturated heterocycles. The number of nitrogens with one attached hydrogen (secondary N) is 2. The van der Waals surface area contributed by atoms with Gasteiger partial charge < -0.3 is 10.6 Å². The van der Waals surface area contributed by atoms with Crippen molar-refractivity contribution in [2.45, 2.75) is 26.3 Å². The van der Waals surface area contributed by atoms with Crippen molar-refractivity contribution in [3.8, 4) is 0 Å². The Morgan fingerprint density at radius 3 is 3.00 bits per heavy atom. The van der Waals surface area contributed by atoms with E-state index in [0.29, 0.717) is 12.3 Å². The van der Waals surface area contributed by atoms with Crippen LogP contribution in [0.4, 0.5) is 5.82 Å². The van der Waals surface area contributed by atoms with Gasteiger partial charge in [0.15, 0.2) is 0 Å². The van der Waals surface area contributed by atoms with Gasteiger partial charge in [0.05, 0.1) is 6.20 Å². The van der Waals surface area contributed by atoms with Gasteiger partial charge in [0.25, 0.3) is 0 Å². The van der Waals surface area contributed by atoms with Gasteiger partial charge in [-0.2, -0.15) is 5.10 Å². The van der Waals surface area contributed by atoms with E-state index in [9.17, 15) is 4.79 Å². The number of carbonyl (C=O) groups is 1. The molecule has 0 unspecified atom stereocenters. The Morgan fingerprint density at radius 2 is 2.44 bits per heavy atom. The summed E-state index contributed by atoms with van der Waals surface area (Å²) in [5.74, 6) is 1.36. The molecule has 0 bridgehead atoms. The van der Waals surface area contributed by atoms with E-state index in [1.807, 2.05) is 24.6 Å². The zero-order valence-corrected chi connectivity index (χ0v) is 9.73. The molecule has 1 amide bonds. The van der Waals surface area contributed by atoms with Gasteiger partial charge in [0, 0.05) is 18.5 Å². The summed E-state index contributed by atoms with van der Waals surface area (Å²) in [4.78, 5) is 11.7. The second kappa shape index (κ2) is 4.65. The molecule has 0 aromatic carbocycles. The predicted octanol–water partition coefficient (Wildman–Crippen LogP) is 1.01. The van der Waals surface area contributed by atoms with E-state index in [1.165, 1.54) is 0 Å². The summed E-state index contributed by atoms with van der Waals surface area (Å²) < 4.78 is 1.82. The number of rotatable bonds is 4. The van der Waals surface area contributed by atoms with Crippen LogP contribution >= 0.6 is 0 Å². The minimum absolute atomic E-state index is 0.0777. The molecule has 2 N–H and O–H groups in total. The van der Waals surface area contributed by atoms with Crippen LogP contribution < -0.4 is 10.6 Å². The van der Waals surface area contributed by atoms with E-state index in [-0.39, 0.29) is 11.9 Å². The Morgan fingerprint density at radius 1 is 1.69 bits per heavy atom. The molecule has 1 aromatic heterocycles. The van der Waals surface area contributed by atoms with Crippen molar-refractivity contribution >= 4 is 11.7 Å². The normalized spacial score (nSPS) is 16.2. The third-order valence-corrected chi connectivity index (χ3v) is 2.77. The van der Waals surface area contributed by atoms with Crippen molar-refractivity contribution in [2.24, 2.45) is 5.92 Å². The fourth-order valence-corrected chi connectivity index (χ4v) is 1.77. The number of nitrogens with zero attached hydrogens (tertiary/aromatic N) is 2. The minimum Gasteiger partial charge on any atom is -0.316 e. The largest absolute Gasteiger partial charge is 0.316 e. The van der Waals surface area contributed by atoms with E-state index < -0.39 is 0 Å². The average Bonchev–Trinajstić information content (AvgIpc) is 2.59. The molecule has 2 heterocycles. The molecule has 88 valence electrons. The lowest BCUT2D eigenvalue weighted by Gasteiger charge is -2.26. The summed E-state index contributed by atoms with van der Waals surface area (Å²) in [6, 6.07) is 2.09. The fraction of sp³-hybridized carbons (Fsp3) is 0.636. The highest BCUT2D eigenvalue weighted by Gasteiger charge is 2.20. The van der Waals surface area contributed by atoms with Crippen LogP contribution in [0.1, 0.15) is 26.3 Å². The van der Waals surface area contributed by atoms with Crippen LogP contribution in [0.3, 0.4) is 0 Å². The molecule has 0 spiro atoms. The highest BCUT2D eigenvalue weighted by atomic mass is 16.1. The third-order valence-electron chi connectivity index (χ3n) is 2.77. The first kappa shape index (κ1) is 11.1. The minimum atomic E-state index is 0.0777. The Hall–Kier alpha value is -1.36.